The minimum absolute atomic E-state index is 0.0115. The third-order valence-electron chi connectivity index (χ3n) is 7.20. The number of carbonyl (C=O) groups is 2. The standard InChI is InChI=1S/C28H27Cl2F2N3O4/c29-22-8-7-19(9-24(22)31)39-14-18(36)12-33-15-1-3-16(4-2-15)34-28(38)21-13-35(17-5-6-17)26-11-23(30)25(32)10-20(26)27(21)37/h7-11,13,15-17,33H,1-6,12,14H2,(H,34,38). The highest BCUT2D eigenvalue weighted by Crippen LogP contribution is 2.37. The molecule has 3 aromatic rings. The third-order valence-corrected chi connectivity index (χ3v) is 7.80. The summed E-state index contributed by atoms with van der Waals surface area (Å²) in [5, 5.41) is 6.23. The van der Waals surface area contributed by atoms with Gasteiger partial charge < -0.3 is 19.9 Å². The summed E-state index contributed by atoms with van der Waals surface area (Å²) in [4.78, 5) is 38.4. The van der Waals surface area contributed by atoms with E-state index in [1.165, 1.54) is 18.2 Å². The molecule has 0 unspecified atom stereocenters. The maximum absolute atomic E-state index is 14.1. The van der Waals surface area contributed by atoms with Gasteiger partial charge in [0.25, 0.3) is 5.91 Å². The number of fused-ring (bicyclic) bond motifs is 1. The van der Waals surface area contributed by atoms with Gasteiger partial charge in [0.05, 0.1) is 22.1 Å². The van der Waals surface area contributed by atoms with Gasteiger partial charge in [-0.2, -0.15) is 0 Å². The number of pyridine rings is 1. The highest BCUT2D eigenvalue weighted by molar-refractivity contribution is 6.31. The lowest BCUT2D eigenvalue weighted by atomic mass is 9.91. The van der Waals surface area contributed by atoms with Crippen molar-refractivity contribution in [2.24, 2.45) is 0 Å². The first-order chi connectivity index (χ1) is 18.7. The summed E-state index contributed by atoms with van der Waals surface area (Å²) in [6, 6.07) is 6.66. The summed E-state index contributed by atoms with van der Waals surface area (Å²) in [5.74, 6) is -1.74. The molecule has 0 aliphatic heterocycles. The molecule has 1 heterocycles. The van der Waals surface area contributed by atoms with Crippen LogP contribution in [0.5, 0.6) is 5.75 Å². The summed E-state index contributed by atoms with van der Waals surface area (Å²) >= 11 is 11.6. The second-order valence-corrected chi connectivity index (χ2v) is 10.9. The van der Waals surface area contributed by atoms with Crippen molar-refractivity contribution >= 4 is 45.8 Å². The van der Waals surface area contributed by atoms with E-state index in [0.717, 1.165) is 37.8 Å². The van der Waals surface area contributed by atoms with Gasteiger partial charge in [-0.1, -0.05) is 23.2 Å². The van der Waals surface area contributed by atoms with Crippen molar-refractivity contribution in [2.45, 2.75) is 56.7 Å². The van der Waals surface area contributed by atoms with Gasteiger partial charge in [0.1, 0.15) is 29.6 Å². The highest BCUT2D eigenvalue weighted by atomic mass is 35.5. The van der Waals surface area contributed by atoms with Gasteiger partial charge in [0.2, 0.25) is 5.43 Å². The molecule has 7 nitrogen and oxygen atoms in total. The van der Waals surface area contributed by atoms with E-state index in [2.05, 4.69) is 10.6 Å². The Morgan fingerprint density at radius 1 is 0.949 bits per heavy atom. The summed E-state index contributed by atoms with van der Waals surface area (Å²) < 4.78 is 34.8. The van der Waals surface area contributed by atoms with Crippen LogP contribution in [-0.2, 0) is 4.79 Å². The molecule has 0 atom stereocenters. The SMILES string of the molecule is O=C(CNC1CCC(NC(=O)c2cn(C3CC3)c3cc(Cl)c(F)cc3c2=O)CC1)COc1ccc(Cl)c(F)c1. The Kier molecular flexibility index (Phi) is 8.21. The molecule has 0 saturated heterocycles. The van der Waals surface area contributed by atoms with E-state index in [-0.39, 0.29) is 63.8 Å². The summed E-state index contributed by atoms with van der Waals surface area (Å²) in [5.41, 5.74) is -0.00719. The summed E-state index contributed by atoms with van der Waals surface area (Å²) in [7, 11) is 0. The van der Waals surface area contributed by atoms with Crippen LogP contribution < -0.4 is 20.8 Å². The average molecular weight is 578 g/mol. The molecule has 1 amide bonds. The highest BCUT2D eigenvalue weighted by Gasteiger charge is 2.29. The molecule has 0 spiro atoms. The zero-order valence-electron chi connectivity index (χ0n) is 20.9. The predicted molar refractivity (Wildman–Crippen MR) is 145 cm³/mol. The Labute approximate surface area is 233 Å². The first-order valence-electron chi connectivity index (χ1n) is 12.9. The third kappa shape index (κ3) is 6.42. The van der Waals surface area contributed by atoms with Crippen molar-refractivity contribution in [3.8, 4) is 5.75 Å². The number of aromatic nitrogens is 1. The van der Waals surface area contributed by atoms with Crippen molar-refractivity contribution in [2.75, 3.05) is 13.2 Å². The van der Waals surface area contributed by atoms with Crippen LogP contribution in [0, 0.1) is 11.6 Å². The number of nitrogens with one attached hydrogen (secondary N) is 2. The van der Waals surface area contributed by atoms with Crippen LogP contribution in [0.25, 0.3) is 10.9 Å². The van der Waals surface area contributed by atoms with Gasteiger partial charge in [0.15, 0.2) is 5.78 Å². The molecule has 39 heavy (non-hydrogen) atoms. The number of rotatable bonds is 9. The van der Waals surface area contributed by atoms with Crippen LogP contribution in [0.15, 0.2) is 41.3 Å². The van der Waals surface area contributed by atoms with Crippen molar-refractivity contribution < 1.29 is 23.1 Å². The van der Waals surface area contributed by atoms with Crippen LogP contribution in [0.2, 0.25) is 10.0 Å². The largest absolute Gasteiger partial charge is 0.486 e. The summed E-state index contributed by atoms with van der Waals surface area (Å²) in [6.07, 6.45) is 6.20. The number of amides is 1. The van der Waals surface area contributed by atoms with E-state index >= 15 is 0 Å². The van der Waals surface area contributed by atoms with Crippen molar-refractivity contribution in [1.82, 2.24) is 15.2 Å². The average Bonchev–Trinajstić information content (AvgIpc) is 3.76. The van der Waals surface area contributed by atoms with E-state index in [1.807, 2.05) is 4.57 Å². The second-order valence-electron chi connectivity index (χ2n) is 10.1. The monoisotopic (exact) mass is 577 g/mol. The molecule has 0 radical (unpaired) electrons. The Bertz CT molecular complexity index is 1480. The van der Waals surface area contributed by atoms with E-state index in [0.29, 0.717) is 18.4 Å². The van der Waals surface area contributed by atoms with Gasteiger partial charge in [-0.3, -0.25) is 14.4 Å². The summed E-state index contributed by atoms with van der Waals surface area (Å²) in [6.45, 7) is -0.0874. The van der Waals surface area contributed by atoms with E-state index < -0.39 is 23.0 Å². The van der Waals surface area contributed by atoms with Crippen LogP contribution in [0.1, 0.15) is 54.9 Å². The maximum atomic E-state index is 14.1. The number of benzene rings is 2. The number of carbonyl (C=O) groups excluding carboxylic acids is 2. The van der Waals surface area contributed by atoms with Crippen LogP contribution in [0.4, 0.5) is 8.78 Å². The van der Waals surface area contributed by atoms with Crippen molar-refractivity contribution in [3.63, 3.8) is 0 Å². The quantitative estimate of drug-likeness (QED) is 0.365. The molecule has 1 aromatic heterocycles. The van der Waals surface area contributed by atoms with E-state index in [1.54, 1.807) is 6.20 Å². The minimum atomic E-state index is -0.698. The molecule has 5 rings (SSSR count). The van der Waals surface area contributed by atoms with E-state index in [4.69, 9.17) is 27.9 Å². The number of ether oxygens (including phenoxy) is 1. The topological polar surface area (TPSA) is 89.4 Å². The molecular weight excluding hydrogens is 551 g/mol. The first kappa shape index (κ1) is 27.6. The number of halogens is 4. The zero-order valence-corrected chi connectivity index (χ0v) is 22.5. The smallest absolute Gasteiger partial charge is 0.256 e. The fraction of sp³-hybridized carbons (Fsp3) is 0.393. The fourth-order valence-electron chi connectivity index (χ4n) is 4.91. The number of nitrogens with zero attached hydrogens (tertiary/aromatic N) is 1. The minimum Gasteiger partial charge on any atom is -0.486 e. The lowest BCUT2D eigenvalue weighted by molar-refractivity contribution is -0.120. The van der Waals surface area contributed by atoms with Gasteiger partial charge in [0, 0.05) is 35.8 Å². The number of hydrogen-bond donors (Lipinski definition) is 2. The van der Waals surface area contributed by atoms with Crippen molar-refractivity contribution in [3.05, 3.63) is 74.0 Å². The van der Waals surface area contributed by atoms with Crippen LogP contribution in [0.3, 0.4) is 0 Å². The van der Waals surface area contributed by atoms with Crippen LogP contribution in [-0.4, -0.2) is 41.5 Å². The van der Waals surface area contributed by atoms with Crippen molar-refractivity contribution in [1.29, 1.82) is 0 Å². The molecule has 2 aromatic carbocycles. The number of Topliss-reactive ketones (excluding diaryl/α,β-unsaturated/α-hetero) is 1. The Hall–Kier alpha value is -3.01. The molecule has 2 aliphatic carbocycles. The molecule has 2 aliphatic rings. The predicted octanol–water partition coefficient (Wildman–Crippen LogP) is 5.20. The fourth-order valence-corrected chi connectivity index (χ4v) is 5.18. The van der Waals surface area contributed by atoms with Gasteiger partial charge >= 0.3 is 0 Å². The molecule has 2 fully saturated rings. The Morgan fingerprint density at radius 2 is 1.64 bits per heavy atom. The van der Waals surface area contributed by atoms with Gasteiger partial charge in [-0.15, -0.1) is 0 Å². The number of ketones is 1. The lowest BCUT2D eigenvalue weighted by Gasteiger charge is -2.29. The molecule has 2 saturated carbocycles. The Morgan fingerprint density at radius 3 is 2.33 bits per heavy atom. The second kappa shape index (κ2) is 11.6. The lowest BCUT2D eigenvalue weighted by Crippen LogP contribution is -2.44. The molecular formula is C28H27Cl2F2N3O4. The van der Waals surface area contributed by atoms with Gasteiger partial charge in [-0.25, -0.2) is 8.78 Å². The van der Waals surface area contributed by atoms with Crippen LogP contribution >= 0.6 is 23.2 Å². The normalized spacial score (nSPS) is 19.2. The maximum Gasteiger partial charge on any atom is 0.256 e. The van der Waals surface area contributed by atoms with Gasteiger partial charge in [-0.05, 0) is 62.8 Å². The molecule has 2 N–H and O–H groups in total. The zero-order chi connectivity index (χ0) is 27.7. The van der Waals surface area contributed by atoms with E-state index in [9.17, 15) is 23.2 Å². The molecule has 0 bridgehead atoms. The Balaban J connectivity index is 1.13. The number of hydrogen-bond acceptors (Lipinski definition) is 5. The molecule has 11 heteroatoms. The first-order valence-corrected chi connectivity index (χ1v) is 13.6. The molecule has 206 valence electrons.